The first-order valence-corrected chi connectivity index (χ1v) is 6.51. The summed E-state index contributed by atoms with van der Waals surface area (Å²) in [5, 5.41) is 0. The van der Waals surface area contributed by atoms with Crippen molar-refractivity contribution < 1.29 is 19.1 Å². The van der Waals surface area contributed by atoms with Gasteiger partial charge in [0, 0.05) is 6.04 Å². The van der Waals surface area contributed by atoms with Crippen LogP contribution in [0.5, 0.6) is 0 Å². The van der Waals surface area contributed by atoms with Crippen LogP contribution in [0, 0.1) is 5.92 Å². The maximum atomic E-state index is 12.1. The largest absolute Gasteiger partial charge is 0.464 e. The van der Waals surface area contributed by atoms with Crippen molar-refractivity contribution in [3.63, 3.8) is 0 Å². The van der Waals surface area contributed by atoms with Crippen LogP contribution in [-0.2, 0) is 14.3 Å². The molecular weight excluding hydrogens is 234 g/mol. The van der Waals surface area contributed by atoms with Gasteiger partial charge in [0.2, 0.25) is 0 Å². The highest BCUT2D eigenvalue weighted by atomic mass is 16.6. The summed E-state index contributed by atoms with van der Waals surface area (Å²) in [6, 6.07) is -0.280. The molecule has 1 saturated carbocycles. The summed E-state index contributed by atoms with van der Waals surface area (Å²) in [5.41, 5.74) is -0.538. The number of amides is 1. The number of fused-ring (bicyclic) bond motifs is 1. The lowest BCUT2D eigenvalue weighted by Gasteiger charge is -2.29. The molecule has 0 N–H and O–H groups in total. The molecule has 0 spiro atoms. The Labute approximate surface area is 107 Å². The van der Waals surface area contributed by atoms with Gasteiger partial charge in [0.05, 0.1) is 6.61 Å². The minimum atomic E-state index is -0.538. The van der Waals surface area contributed by atoms with E-state index in [0.717, 1.165) is 6.42 Å². The number of ether oxygens (including phenoxy) is 2. The molecule has 18 heavy (non-hydrogen) atoms. The highest BCUT2D eigenvalue weighted by Gasteiger charge is 2.57. The number of carbonyl (C=O) groups is 2. The Hall–Kier alpha value is -1.26. The van der Waals surface area contributed by atoms with Gasteiger partial charge in [-0.25, -0.2) is 9.59 Å². The molecule has 3 atom stereocenters. The molecule has 1 aliphatic carbocycles. The van der Waals surface area contributed by atoms with Crippen molar-refractivity contribution in [1.82, 2.24) is 4.90 Å². The van der Waals surface area contributed by atoms with Crippen molar-refractivity contribution in [3.8, 4) is 0 Å². The van der Waals surface area contributed by atoms with Gasteiger partial charge < -0.3 is 9.47 Å². The molecule has 1 aliphatic heterocycles. The maximum absolute atomic E-state index is 12.1. The molecule has 1 saturated heterocycles. The fourth-order valence-electron chi connectivity index (χ4n) is 2.48. The van der Waals surface area contributed by atoms with Gasteiger partial charge in [0.25, 0.3) is 0 Å². The SMILES string of the molecule is CCOC(=O)[C@@H]1C[C@@H]2CC2N1C(=O)OC(C)(C)C. The highest BCUT2D eigenvalue weighted by Crippen LogP contribution is 2.48. The Kier molecular flexibility index (Phi) is 3.25. The quantitative estimate of drug-likeness (QED) is 0.708. The predicted octanol–water partition coefficient (Wildman–Crippen LogP) is 1.95. The maximum Gasteiger partial charge on any atom is 0.411 e. The molecular formula is C13H21NO4. The molecule has 102 valence electrons. The number of carbonyl (C=O) groups excluding carboxylic acids is 2. The van der Waals surface area contributed by atoms with Gasteiger partial charge in [-0.3, -0.25) is 4.90 Å². The second kappa shape index (κ2) is 4.44. The first-order chi connectivity index (χ1) is 8.33. The zero-order valence-electron chi connectivity index (χ0n) is 11.4. The van der Waals surface area contributed by atoms with E-state index in [9.17, 15) is 9.59 Å². The minimum absolute atomic E-state index is 0.175. The van der Waals surface area contributed by atoms with E-state index < -0.39 is 17.7 Å². The zero-order valence-corrected chi connectivity index (χ0v) is 11.4. The summed E-state index contributed by atoms with van der Waals surface area (Å²) in [4.78, 5) is 25.5. The second-order valence-electron chi connectivity index (χ2n) is 5.95. The highest BCUT2D eigenvalue weighted by molar-refractivity contribution is 5.83. The van der Waals surface area contributed by atoms with E-state index in [0.29, 0.717) is 18.9 Å². The van der Waals surface area contributed by atoms with Crippen molar-refractivity contribution in [2.45, 2.75) is 58.2 Å². The molecule has 0 aromatic carbocycles. The Morgan fingerprint density at radius 1 is 1.28 bits per heavy atom. The molecule has 2 fully saturated rings. The fraction of sp³-hybridized carbons (Fsp3) is 0.846. The number of hydrogen-bond donors (Lipinski definition) is 0. The van der Waals surface area contributed by atoms with Gasteiger partial charge in [0.1, 0.15) is 11.6 Å². The first kappa shape index (κ1) is 13.2. The van der Waals surface area contributed by atoms with Crippen LogP contribution in [0.2, 0.25) is 0 Å². The summed E-state index contributed by atoms with van der Waals surface area (Å²) in [5.74, 6) is 0.141. The molecule has 0 radical (unpaired) electrons. The minimum Gasteiger partial charge on any atom is -0.464 e. The number of rotatable bonds is 2. The van der Waals surface area contributed by atoms with E-state index in [2.05, 4.69) is 0 Å². The lowest BCUT2D eigenvalue weighted by Crippen LogP contribution is -2.46. The Morgan fingerprint density at radius 2 is 1.94 bits per heavy atom. The third kappa shape index (κ3) is 2.60. The lowest BCUT2D eigenvalue weighted by molar-refractivity contribution is -0.148. The van der Waals surface area contributed by atoms with Gasteiger partial charge in [0.15, 0.2) is 0 Å². The molecule has 1 unspecified atom stereocenters. The first-order valence-electron chi connectivity index (χ1n) is 6.51. The third-order valence-electron chi connectivity index (χ3n) is 3.27. The molecule has 5 heteroatoms. The van der Waals surface area contributed by atoms with Crippen molar-refractivity contribution in [3.05, 3.63) is 0 Å². The average molecular weight is 255 g/mol. The van der Waals surface area contributed by atoms with Crippen LogP contribution in [0.3, 0.4) is 0 Å². The molecule has 0 aromatic rings. The van der Waals surface area contributed by atoms with Gasteiger partial charge in [-0.1, -0.05) is 0 Å². The summed E-state index contributed by atoms with van der Waals surface area (Å²) < 4.78 is 10.4. The van der Waals surface area contributed by atoms with Crippen LogP contribution in [0.4, 0.5) is 4.79 Å². The molecule has 2 rings (SSSR count). The summed E-state index contributed by atoms with van der Waals surface area (Å²) in [6.07, 6.45) is 1.29. The third-order valence-corrected chi connectivity index (χ3v) is 3.27. The number of piperidine rings is 1. The monoisotopic (exact) mass is 255 g/mol. The molecule has 1 heterocycles. The Balaban J connectivity index is 2.04. The van der Waals surface area contributed by atoms with Crippen LogP contribution in [0.15, 0.2) is 0 Å². The van der Waals surface area contributed by atoms with E-state index in [1.54, 1.807) is 11.8 Å². The normalized spacial score (nSPS) is 29.8. The summed E-state index contributed by atoms with van der Waals surface area (Å²) >= 11 is 0. The van der Waals surface area contributed by atoms with Crippen LogP contribution in [-0.4, -0.2) is 41.3 Å². The summed E-state index contributed by atoms with van der Waals surface area (Å²) in [6.45, 7) is 7.58. The Morgan fingerprint density at radius 3 is 2.50 bits per heavy atom. The van der Waals surface area contributed by atoms with Crippen molar-refractivity contribution in [1.29, 1.82) is 0 Å². The van der Waals surface area contributed by atoms with Crippen LogP contribution in [0.25, 0.3) is 0 Å². The summed E-state index contributed by atoms with van der Waals surface area (Å²) in [7, 11) is 0. The molecule has 1 amide bonds. The molecule has 2 aliphatic rings. The van der Waals surface area contributed by atoms with Crippen LogP contribution >= 0.6 is 0 Å². The number of hydrogen-bond acceptors (Lipinski definition) is 4. The molecule has 0 aromatic heterocycles. The van der Waals surface area contributed by atoms with Crippen LogP contribution in [0.1, 0.15) is 40.5 Å². The zero-order chi connectivity index (χ0) is 13.5. The van der Waals surface area contributed by atoms with Gasteiger partial charge in [-0.2, -0.15) is 0 Å². The van der Waals surface area contributed by atoms with Crippen molar-refractivity contribution in [2.75, 3.05) is 6.61 Å². The van der Waals surface area contributed by atoms with E-state index >= 15 is 0 Å². The lowest BCUT2D eigenvalue weighted by atomic mass is 10.1. The predicted molar refractivity (Wildman–Crippen MR) is 65.0 cm³/mol. The van der Waals surface area contributed by atoms with Crippen molar-refractivity contribution >= 4 is 12.1 Å². The average Bonchev–Trinajstić information content (AvgIpc) is 2.86. The van der Waals surface area contributed by atoms with E-state index in [1.165, 1.54) is 0 Å². The molecule has 0 bridgehead atoms. The Bertz CT molecular complexity index is 360. The van der Waals surface area contributed by atoms with Crippen LogP contribution < -0.4 is 0 Å². The van der Waals surface area contributed by atoms with Crippen molar-refractivity contribution in [2.24, 2.45) is 5.92 Å². The van der Waals surface area contributed by atoms with E-state index in [-0.39, 0.29) is 12.0 Å². The van der Waals surface area contributed by atoms with Gasteiger partial charge in [-0.05, 0) is 46.5 Å². The standard InChI is InChI=1S/C13H21NO4/c1-5-17-11(15)10-7-8-6-9(8)14(10)12(16)18-13(2,3)4/h8-10H,5-7H2,1-4H3/t8-,9?,10-/m0/s1. The van der Waals surface area contributed by atoms with E-state index in [1.807, 2.05) is 20.8 Å². The number of nitrogens with zero attached hydrogens (tertiary/aromatic N) is 1. The second-order valence-corrected chi connectivity index (χ2v) is 5.95. The van der Waals surface area contributed by atoms with Gasteiger partial charge in [-0.15, -0.1) is 0 Å². The topological polar surface area (TPSA) is 55.8 Å². The van der Waals surface area contributed by atoms with Gasteiger partial charge >= 0.3 is 12.1 Å². The van der Waals surface area contributed by atoms with E-state index in [4.69, 9.17) is 9.47 Å². The number of esters is 1. The number of likely N-dealkylation sites (tertiary alicyclic amines) is 1. The fourth-order valence-corrected chi connectivity index (χ4v) is 2.48. The molecule has 5 nitrogen and oxygen atoms in total. The smallest absolute Gasteiger partial charge is 0.411 e.